The smallest absolute Gasteiger partial charge is 0.408 e. The number of aliphatic carboxylic acids is 1. The Hall–Kier alpha value is -3.79. The van der Waals surface area contributed by atoms with Gasteiger partial charge in [-0.2, -0.15) is 5.26 Å². The minimum absolute atomic E-state index is 0.120. The molecule has 0 bridgehead atoms. The van der Waals surface area contributed by atoms with Gasteiger partial charge in [0.15, 0.2) is 0 Å². The Balaban J connectivity index is 1.86. The molecule has 1 atom stereocenters. The summed E-state index contributed by atoms with van der Waals surface area (Å²) in [6.45, 7) is 5.74. The SMILES string of the molecule is CC(C)(C)OC(=O)NC(Cc1cn(Cc2ccc(C#N)cc2)c2ccccc12)C(=O)O. The van der Waals surface area contributed by atoms with E-state index in [1.807, 2.05) is 47.2 Å². The number of carboxylic acids is 1. The standard InChI is InChI=1S/C24H25N3O4/c1-24(2,3)31-23(30)26-20(22(28)29)12-18-15-27(21-7-5-4-6-19(18)21)14-17-10-8-16(13-25)9-11-17/h4-11,15,20H,12,14H2,1-3H3,(H,26,30)(H,28,29). The Bertz CT molecular complexity index is 1130. The molecule has 0 aliphatic carbocycles. The van der Waals surface area contributed by atoms with Crippen LogP contribution >= 0.6 is 0 Å². The first-order chi connectivity index (χ1) is 14.7. The molecule has 0 aliphatic heterocycles. The summed E-state index contributed by atoms with van der Waals surface area (Å²) in [6.07, 6.45) is 1.27. The van der Waals surface area contributed by atoms with E-state index >= 15 is 0 Å². The number of carboxylic acid groups (broad SMARTS) is 1. The molecule has 3 rings (SSSR count). The number of carbonyl (C=O) groups excluding carboxylic acids is 1. The number of amides is 1. The van der Waals surface area contributed by atoms with E-state index in [-0.39, 0.29) is 6.42 Å². The molecule has 1 heterocycles. The molecule has 0 fully saturated rings. The van der Waals surface area contributed by atoms with Crippen LogP contribution in [-0.2, 0) is 22.5 Å². The van der Waals surface area contributed by atoms with Gasteiger partial charge in [0, 0.05) is 30.1 Å². The Labute approximate surface area is 180 Å². The molecule has 2 aromatic carbocycles. The van der Waals surface area contributed by atoms with Crippen LogP contribution in [-0.4, -0.2) is 33.4 Å². The number of benzene rings is 2. The fraction of sp³-hybridized carbons (Fsp3) is 0.292. The Morgan fingerprint density at radius 1 is 1.16 bits per heavy atom. The van der Waals surface area contributed by atoms with Crippen molar-refractivity contribution in [3.05, 3.63) is 71.4 Å². The number of fused-ring (bicyclic) bond motifs is 1. The highest BCUT2D eigenvalue weighted by Gasteiger charge is 2.25. The summed E-state index contributed by atoms with van der Waals surface area (Å²) < 4.78 is 7.25. The molecular weight excluding hydrogens is 394 g/mol. The highest BCUT2D eigenvalue weighted by Crippen LogP contribution is 2.24. The van der Waals surface area contributed by atoms with Crippen LogP contribution in [0.3, 0.4) is 0 Å². The van der Waals surface area contributed by atoms with Gasteiger partial charge < -0.3 is 19.7 Å². The molecule has 1 amide bonds. The second kappa shape index (κ2) is 8.92. The van der Waals surface area contributed by atoms with E-state index in [0.29, 0.717) is 12.1 Å². The van der Waals surface area contributed by atoms with E-state index < -0.39 is 23.7 Å². The van der Waals surface area contributed by atoms with Crippen LogP contribution in [0, 0.1) is 11.3 Å². The average Bonchev–Trinajstić information content (AvgIpc) is 3.04. The summed E-state index contributed by atoms with van der Waals surface area (Å²) in [7, 11) is 0. The Morgan fingerprint density at radius 3 is 2.45 bits per heavy atom. The molecule has 0 spiro atoms. The predicted molar refractivity (Wildman–Crippen MR) is 117 cm³/mol. The van der Waals surface area contributed by atoms with Crippen LogP contribution in [0.15, 0.2) is 54.7 Å². The van der Waals surface area contributed by atoms with Gasteiger partial charge >= 0.3 is 12.1 Å². The fourth-order valence-corrected chi connectivity index (χ4v) is 3.37. The lowest BCUT2D eigenvalue weighted by Gasteiger charge is -2.22. The van der Waals surface area contributed by atoms with Gasteiger partial charge in [-0.1, -0.05) is 30.3 Å². The van der Waals surface area contributed by atoms with Gasteiger partial charge in [0.25, 0.3) is 0 Å². The summed E-state index contributed by atoms with van der Waals surface area (Å²) in [5.74, 6) is -1.13. The molecule has 0 radical (unpaired) electrons. The molecule has 1 aromatic heterocycles. The first-order valence-electron chi connectivity index (χ1n) is 9.94. The molecular formula is C24H25N3O4. The van der Waals surface area contributed by atoms with Gasteiger partial charge in [-0.25, -0.2) is 9.59 Å². The Morgan fingerprint density at radius 2 is 1.84 bits per heavy atom. The van der Waals surface area contributed by atoms with E-state index in [2.05, 4.69) is 11.4 Å². The average molecular weight is 419 g/mol. The summed E-state index contributed by atoms with van der Waals surface area (Å²) in [6, 6.07) is 16.1. The summed E-state index contributed by atoms with van der Waals surface area (Å²) in [5.41, 5.74) is 2.67. The summed E-state index contributed by atoms with van der Waals surface area (Å²) in [5, 5.41) is 22.0. The van der Waals surface area contributed by atoms with E-state index in [1.165, 1.54) is 0 Å². The predicted octanol–water partition coefficient (Wildman–Crippen LogP) is 4.08. The summed E-state index contributed by atoms with van der Waals surface area (Å²) >= 11 is 0. The quantitative estimate of drug-likeness (QED) is 0.626. The van der Waals surface area contributed by atoms with Gasteiger partial charge in [-0.05, 0) is 50.1 Å². The molecule has 2 N–H and O–H groups in total. The van der Waals surface area contributed by atoms with Crippen molar-refractivity contribution >= 4 is 23.0 Å². The van der Waals surface area contributed by atoms with Gasteiger partial charge in [0.05, 0.1) is 11.6 Å². The zero-order chi connectivity index (χ0) is 22.6. The number of nitrogens with one attached hydrogen (secondary N) is 1. The maximum Gasteiger partial charge on any atom is 0.408 e. The van der Waals surface area contributed by atoms with Crippen LogP contribution in [0.5, 0.6) is 0 Å². The number of para-hydroxylation sites is 1. The molecule has 0 aliphatic rings. The monoisotopic (exact) mass is 419 g/mol. The zero-order valence-electron chi connectivity index (χ0n) is 17.8. The number of hydrogen-bond acceptors (Lipinski definition) is 4. The topological polar surface area (TPSA) is 104 Å². The van der Waals surface area contributed by atoms with Crippen molar-refractivity contribution in [2.75, 3.05) is 0 Å². The first-order valence-corrected chi connectivity index (χ1v) is 9.94. The number of hydrogen-bond donors (Lipinski definition) is 2. The zero-order valence-corrected chi connectivity index (χ0v) is 17.8. The fourth-order valence-electron chi connectivity index (χ4n) is 3.37. The molecule has 1 unspecified atom stereocenters. The number of carbonyl (C=O) groups is 2. The molecule has 3 aromatic rings. The highest BCUT2D eigenvalue weighted by atomic mass is 16.6. The lowest BCUT2D eigenvalue weighted by Crippen LogP contribution is -2.44. The van der Waals surface area contributed by atoms with E-state index in [9.17, 15) is 14.7 Å². The molecule has 0 saturated heterocycles. The van der Waals surface area contributed by atoms with Gasteiger partial charge in [-0.15, -0.1) is 0 Å². The van der Waals surface area contributed by atoms with Crippen molar-refractivity contribution in [2.45, 2.75) is 45.4 Å². The summed E-state index contributed by atoms with van der Waals surface area (Å²) in [4.78, 5) is 23.9. The minimum Gasteiger partial charge on any atom is -0.480 e. The molecule has 0 saturated carbocycles. The van der Waals surface area contributed by atoms with Crippen molar-refractivity contribution in [2.24, 2.45) is 0 Å². The molecule has 7 heteroatoms. The second-order valence-electron chi connectivity index (χ2n) is 8.35. The number of rotatable bonds is 6. The number of ether oxygens (including phenoxy) is 1. The number of nitriles is 1. The van der Waals surface area contributed by atoms with Crippen molar-refractivity contribution in [1.82, 2.24) is 9.88 Å². The van der Waals surface area contributed by atoms with Crippen LogP contribution < -0.4 is 5.32 Å². The third-order valence-electron chi connectivity index (χ3n) is 4.72. The van der Waals surface area contributed by atoms with Crippen molar-refractivity contribution in [3.63, 3.8) is 0 Å². The van der Waals surface area contributed by atoms with Crippen LogP contribution in [0.25, 0.3) is 10.9 Å². The van der Waals surface area contributed by atoms with E-state index in [0.717, 1.165) is 22.0 Å². The Kier molecular flexibility index (Phi) is 6.30. The van der Waals surface area contributed by atoms with Crippen molar-refractivity contribution in [1.29, 1.82) is 5.26 Å². The third-order valence-corrected chi connectivity index (χ3v) is 4.72. The normalized spacial score (nSPS) is 12.2. The first kappa shape index (κ1) is 21.9. The molecule has 160 valence electrons. The maximum absolute atomic E-state index is 12.1. The maximum atomic E-state index is 12.1. The van der Waals surface area contributed by atoms with Crippen molar-refractivity contribution in [3.8, 4) is 6.07 Å². The lowest BCUT2D eigenvalue weighted by molar-refractivity contribution is -0.139. The van der Waals surface area contributed by atoms with Crippen LogP contribution in [0.1, 0.15) is 37.5 Å². The number of aromatic nitrogens is 1. The van der Waals surface area contributed by atoms with Crippen molar-refractivity contribution < 1.29 is 19.4 Å². The molecule has 7 nitrogen and oxygen atoms in total. The van der Waals surface area contributed by atoms with E-state index in [1.54, 1.807) is 32.9 Å². The van der Waals surface area contributed by atoms with Gasteiger partial charge in [0.1, 0.15) is 11.6 Å². The van der Waals surface area contributed by atoms with Crippen LogP contribution in [0.2, 0.25) is 0 Å². The van der Waals surface area contributed by atoms with Gasteiger partial charge in [-0.3, -0.25) is 0 Å². The second-order valence-corrected chi connectivity index (χ2v) is 8.35. The largest absolute Gasteiger partial charge is 0.480 e. The highest BCUT2D eigenvalue weighted by molar-refractivity contribution is 5.86. The lowest BCUT2D eigenvalue weighted by atomic mass is 10.1. The number of alkyl carbamates (subject to hydrolysis) is 1. The van der Waals surface area contributed by atoms with E-state index in [4.69, 9.17) is 10.00 Å². The number of nitrogens with zero attached hydrogens (tertiary/aromatic N) is 2. The van der Waals surface area contributed by atoms with Gasteiger partial charge in [0.2, 0.25) is 0 Å². The minimum atomic E-state index is -1.13. The molecule has 31 heavy (non-hydrogen) atoms. The van der Waals surface area contributed by atoms with Crippen LogP contribution in [0.4, 0.5) is 4.79 Å². The third kappa shape index (κ3) is 5.64.